The molecule has 6 aliphatic rings. The van der Waals surface area contributed by atoms with Gasteiger partial charge in [-0.2, -0.15) is 0 Å². The predicted molar refractivity (Wildman–Crippen MR) is 255 cm³/mol. The molecule has 2 aromatic heterocycles. The molecule has 0 aliphatic heterocycles. The van der Waals surface area contributed by atoms with Crippen molar-refractivity contribution in [1.82, 2.24) is 4.57 Å². The van der Waals surface area contributed by atoms with Crippen molar-refractivity contribution in [1.29, 1.82) is 0 Å². The lowest BCUT2D eigenvalue weighted by molar-refractivity contribution is -0.0431. The fourth-order valence-corrected chi connectivity index (χ4v) is 15.4. The van der Waals surface area contributed by atoms with Gasteiger partial charge in [-0.25, -0.2) is 0 Å². The van der Waals surface area contributed by atoms with Gasteiger partial charge in [-0.15, -0.1) is 11.3 Å². The molecule has 61 heavy (non-hydrogen) atoms. The number of nitrogens with zero attached hydrogens (tertiary/aromatic N) is 2. The zero-order valence-electron chi connectivity index (χ0n) is 33.8. The summed E-state index contributed by atoms with van der Waals surface area (Å²) in [5.41, 5.74) is 18.0. The fourth-order valence-electron chi connectivity index (χ4n) is 14.3. The molecule has 8 aromatic carbocycles. The second kappa shape index (κ2) is 11.9. The van der Waals surface area contributed by atoms with Gasteiger partial charge in [-0.1, -0.05) is 109 Å². The highest BCUT2D eigenvalue weighted by Crippen LogP contribution is 2.77. The van der Waals surface area contributed by atoms with Crippen LogP contribution in [0.2, 0.25) is 0 Å². The van der Waals surface area contributed by atoms with E-state index in [2.05, 4.69) is 185 Å². The van der Waals surface area contributed by atoms with Gasteiger partial charge in [0.1, 0.15) is 0 Å². The van der Waals surface area contributed by atoms with Crippen LogP contribution in [0.3, 0.4) is 0 Å². The first-order valence-corrected chi connectivity index (χ1v) is 23.2. The average molecular weight is 799 g/mol. The molecule has 2 nitrogen and oxygen atoms in total. The quantitative estimate of drug-likeness (QED) is 0.168. The Morgan fingerprint density at radius 2 is 1.25 bits per heavy atom. The summed E-state index contributed by atoms with van der Waals surface area (Å²) in [6.45, 7) is 0. The van der Waals surface area contributed by atoms with E-state index in [1.54, 1.807) is 16.7 Å². The number of rotatable bonds is 5. The Morgan fingerprint density at radius 3 is 2.15 bits per heavy atom. The molecule has 1 spiro atoms. The molecule has 6 atom stereocenters. The Morgan fingerprint density at radius 1 is 0.508 bits per heavy atom. The minimum Gasteiger partial charge on any atom is -0.310 e. The van der Waals surface area contributed by atoms with E-state index in [1.165, 1.54) is 95.6 Å². The monoisotopic (exact) mass is 798 g/mol. The second-order valence-electron chi connectivity index (χ2n) is 18.8. The minimum absolute atomic E-state index is 0.255. The average Bonchev–Trinajstić information content (AvgIpc) is 4.01. The molecule has 290 valence electrons. The van der Waals surface area contributed by atoms with E-state index in [4.69, 9.17) is 0 Å². The van der Waals surface area contributed by atoms with Crippen LogP contribution in [0.1, 0.15) is 48.3 Å². The summed E-state index contributed by atoms with van der Waals surface area (Å²) in [5.74, 6) is 4.27. The normalized spacial score (nSPS) is 23.7. The predicted octanol–water partition coefficient (Wildman–Crippen LogP) is 15.7. The zero-order valence-corrected chi connectivity index (χ0v) is 34.6. The summed E-state index contributed by atoms with van der Waals surface area (Å²) in [7, 11) is 0. The van der Waals surface area contributed by atoms with Crippen molar-refractivity contribution < 1.29 is 0 Å². The zero-order chi connectivity index (χ0) is 39.6. The first-order chi connectivity index (χ1) is 30.2. The van der Waals surface area contributed by atoms with E-state index < -0.39 is 0 Å². The molecule has 4 fully saturated rings. The van der Waals surface area contributed by atoms with Crippen LogP contribution in [-0.2, 0) is 5.41 Å². The van der Waals surface area contributed by atoms with E-state index >= 15 is 0 Å². The second-order valence-corrected chi connectivity index (χ2v) is 19.9. The van der Waals surface area contributed by atoms with Gasteiger partial charge in [0.2, 0.25) is 0 Å². The topological polar surface area (TPSA) is 8.17 Å². The lowest BCUT2D eigenvalue weighted by Gasteiger charge is -2.60. The Labute approximate surface area is 359 Å². The number of thiophene rings is 1. The third kappa shape index (κ3) is 4.28. The van der Waals surface area contributed by atoms with Crippen LogP contribution < -0.4 is 4.90 Å². The van der Waals surface area contributed by atoms with Gasteiger partial charge in [0.15, 0.2) is 0 Å². The van der Waals surface area contributed by atoms with Crippen molar-refractivity contribution in [3.8, 4) is 27.9 Å². The molecule has 6 unspecified atom stereocenters. The Bertz CT molecular complexity index is 3480. The van der Waals surface area contributed by atoms with Gasteiger partial charge in [-0.05, 0) is 161 Å². The van der Waals surface area contributed by atoms with E-state index in [-0.39, 0.29) is 5.41 Å². The molecular weight excluding hydrogens is 757 g/mol. The van der Waals surface area contributed by atoms with Crippen LogP contribution in [-0.4, -0.2) is 4.57 Å². The minimum atomic E-state index is 0.255. The molecule has 6 aliphatic carbocycles. The standard InChI is InChI=1S/C58H42N2S/c1-2-9-39(10-3-1)60-52-15-6-4-11-43(52)44-24-22-41(32-53(44)60)59(42-23-25-46-45-12-5-7-16-54(45)61-55(46)33-42)40-20-17-35(18-21-40)36-19-26-50-49(31-36)47-13-8-14-48-56-37-27-34-28-38(30-37)58(50,57(47)48)51(56)29-34/h1-26,31-34,37-38,51,56H,27-30H2. The Balaban J connectivity index is 0.878. The lowest BCUT2D eigenvalue weighted by Crippen LogP contribution is -2.54. The highest BCUT2D eigenvalue weighted by molar-refractivity contribution is 7.25. The van der Waals surface area contributed by atoms with E-state index in [0.717, 1.165) is 46.7 Å². The fraction of sp³-hybridized carbons (Fsp3) is 0.172. The number of aromatic nitrogens is 1. The molecule has 3 heteroatoms. The first kappa shape index (κ1) is 33.3. The smallest absolute Gasteiger partial charge is 0.0561 e. The van der Waals surface area contributed by atoms with Crippen LogP contribution in [0.4, 0.5) is 17.1 Å². The number of hydrogen-bond acceptors (Lipinski definition) is 2. The van der Waals surface area contributed by atoms with Crippen molar-refractivity contribution in [2.45, 2.75) is 37.0 Å². The summed E-state index contributed by atoms with van der Waals surface area (Å²) in [4.78, 5) is 2.46. The van der Waals surface area contributed by atoms with E-state index in [1.807, 2.05) is 11.3 Å². The SMILES string of the molecule is c1ccc(-n2c3ccccc3c3ccc(N(c4ccc(-c5ccc6c(c5)-c5cccc7c5C65C6CC8CC(C6)C7C5C8)cc4)c4ccc5c(c4)sc4ccccc45)cc32)cc1. The van der Waals surface area contributed by atoms with Gasteiger partial charge in [-0.3, -0.25) is 0 Å². The lowest BCUT2D eigenvalue weighted by atomic mass is 9.43. The van der Waals surface area contributed by atoms with E-state index in [0.29, 0.717) is 0 Å². The maximum Gasteiger partial charge on any atom is 0.0561 e. The molecule has 16 rings (SSSR count). The van der Waals surface area contributed by atoms with E-state index in [9.17, 15) is 0 Å². The van der Waals surface area contributed by atoms with Crippen LogP contribution >= 0.6 is 11.3 Å². The van der Waals surface area contributed by atoms with Gasteiger partial charge in [0.05, 0.1) is 11.0 Å². The van der Waals surface area contributed by atoms with Crippen molar-refractivity contribution in [2.75, 3.05) is 4.90 Å². The molecule has 0 radical (unpaired) electrons. The molecule has 4 saturated carbocycles. The number of anilines is 3. The van der Waals surface area contributed by atoms with Crippen molar-refractivity contribution in [2.24, 2.45) is 23.7 Å². The number of hydrogen-bond donors (Lipinski definition) is 0. The third-order valence-electron chi connectivity index (χ3n) is 16.2. The number of para-hydroxylation sites is 2. The highest BCUT2D eigenvalue weighted by Gasteiger charge is 2.69. The molecule has 0 N–H and O–H groups in total. The van der Waals surface area contributed by atoms with Crippen molar-refractivity contribution >= 4 is 70.4 Å². The third-order valence-corrected chi connectivity index (χ3v) is 17.4. The van der Waals surface area contributed by atoms with Gasteiger partial charge in [0, 0.05) is 59.1 Å². The van der Waals surface area contributed by atoms with Gasteiger partial charge in [0.25, 0.3) is 0 Å². The van der Waals surface area contributed by atoms with Gasteiger partial charge >= 0.3 is 0 Å². The summed E-state index contributed by atoms with van der Waals surface area (Å²) < 4.78 is 5.05. The molecular formula is C58H42N2S. The van der Waals surface area contributed by atoms with Crippen molar-refractivity contribution in [3.63, 3.8) is 0 Å². The summed E-state index contributed by atoms with van der Waals surface area (Å²) in [5, 5.41) is 5.17. The molecule has 0 saturated heterocycles. The van der Waals surface area contributed by atoms with Crippen molar-refractivity contribution in [3.05, 3.63) is 193 Å². The summed E-state index contributed by atoms with van der Waals surface area (Å²) >= 11 is 1.88. The number of benzene rings is 8. The maximum atomic E-state index is 2.57. The molecule has 0 amide bonds. The molecule has 10 aromatic rings. The Hall–Kier alpha value is -6.42. The van der Waals surface area contributed by atoms with Crippen LogP contribution in [0.15, 0.2) is 176 Å². The highest BCUT2D eigenvalue weighted by atomic mass is 32.1. The number of fused-ring (bicyclic) bond motifs is 8. The maximum absolute atomic E-state index is 2.57. The van der Waals surface area contributed by atoms with Crippen LogP contribution in [0.25, 0.3) is 69.9 Å². The van der Waals surface area contributed by atoms with Crippen LogP contribution in [0, 0.1) is 23.7 Å². The Kier molecular flexibility index (Phi) is 6.50. The molecule has 6 bridgehead atoms. The van der Waals surface area contributed by atoms with Crippen LogP contribution in [0.5, 0.6) is 0 Å². The largest absolute Gasteiger partial charge is 0.310 e. The summed E-state index contributed by atoms with van der Waals surface area (Å²) in [6.07, 6.45) is 5.78. The van der Waals surface area contributed by atoms with Gasteiger partial charge < -0.3 is 9.47 Å². The molecule has 2 heterocycles. The summed E-state index contributed by atoms with van der Waals surface area (Å²) in [6, 6.07) is 66.8. The first-order valence-electron chi connectivity index (χ1n) is 22.4.